The number of hydrogen-bond donors (Lipinski definition) is 1. The molecule has 1 aliphatic rings. The predicted octanol–water partition coefficient (Wildman–Crippen LogP) is 2.75. The molecule has 2 atom stereocenters. The lowest BCUT2D eigenvalue weighted by Crippen LogP contribution is -2.58. The average molecular weight is 256 g/mol. The van der Waals surface area contributed by atoms with E-state index < -0.39 is 0 Å². The predicted molar refractivity (Wildman–Crippen MR) is 68.3 cm³/mol. The smallest absolute Gasteiger partial charge is 0.134 e. The van der Waals surface area contributed by atoms with Crippen LogP contribution in [0, 0.1) is 5.41 Å². The summed E-state index contributed by atoms with van der Waals surface area (Å²) >= 11 is 5.82. The highest BCUT2D eigenvalue weighted by molar-refractivity contribution is 6.29. The standard InChI is InChI=1S/C12H18ClN3O/c1-4-17-9-5-8(12(9,2)3)16-11-6-10(13)14-7-15-11/h6-9H,4-5H2,1-3H3,(H,14,15,16). The number of hydrogen-bond acceptors (Lipinski definition) is 4. The zero-order chi connectivity index (χ0) is 12.5. The number of nitrogens with zero attached hydrogens (tertiary/aromatic N) is 2. The van der Waals surface area contributed by atoms with Crippen LogP contribution in [0.5, 0.6) is 0 Å². The van der Waals surface area contributed by atoms with Crippen molar-refractivity contribution >= 4 is 17.4 Å². The molecule has 0 aliphatic heterocycles. The van der Waals surface area contributed by atoms with E-state index in [2.05, 4.69) is 29.1 Å². The first-order valence-corrected chi connectivity index (χ1v) is 6.27. The highest BCUT2D eigenvalue weighted by Crippen LogP contribution is 2.44. The summed E-state index contributed by atoms with van der Waals surface area (Å²) in [7, 11) is 0. The molecular formula is C12H18ClN3O. The van der Waals surface area contributed by atoms with Crippen molar-refractivity contribution in [2.45, 2.75) is 39.3 Å². The summed E-state index contributed by atoms with van der Waals surface area (Å²) in [4.78, 5) is 8.01. The van der Waals surface area contributed by atoms with E-state index in [1.165, 1.54) is 6.33 Å². The molecule has 5 heteroatoms. The van der Waals surface area contributed by atoms with Gasteiger partial charge in [0.1, 0.15) is 17.3 Å². The van der Waals surface area contributed by atoms with Crippen LogP contribution in [-0.2, 0) is 4.74 Å². The molecule has 1 saturated carbocycles. The maximum atomic E-state index is 5.82. The number of aromatic nitrogens is 2. The average Bonchev–Trinajstić information content (AvgIpc) is 2.28. The summed E-state index contributed by atoms with van der Waals surface area (Å²) in [5.41, 5.74) is 0.118. The lowest BCUT2D eigenvalue weighted by molar-refractivity contribution is -0.0976. The van der Waals surface area contributed by atoms with Gasteiger partial charge in [-0.1, -0.05) is 25.4 Å². The fraction of sp³-hybridized carbons (Fsp3) is 0.667. The molecule has 1 N–H and O–H groups in total. The Hall–Kier alpha value is -0.870. The van der Waals surface area contributed by atoms with Crippen LogP contribution >= 0.6 is 11.6 Å². The molecule has 0 spiro atoms. The molecule has 1 fully saturated rings. The molecule has 0 radical (unpaired) electrons. The molecule has 0 bridgehead atoms. The van der Waals surface area contributed by atoms with Crippen LogP contribution in [0.3, 0.4) is 0 Å². The Morgan fingerprint density at radius 2 is 2.29 bits per heavy atom. The normalized spacial score (nSPS) is 26.4. The third-order valence-corrected chi connectivity index (χ3v) is 3.71. The minimum atomic E-state index is 0.118. The number of ether oxygens (including phenoxy) is 1. The molecule has 0 saturated heterocycles. The van der Waals surface area contributed by atoms with E-state index in [-0.39, 0.29) is 5.41 Å². The number of rotatable bonds is 4. The van der Waals surface area contributed by atoms with Gasteiger partial charge in [-0.25, -0.2) is 9.97 Å². The van der Waals surface area contributed by atoms with Gasteiger partial charge in [-0.05, 0) is 13.3 Å². The molecular weight excluding hydrogens is 238 g/mol. The third-order valence-electron chi connectivity index (χ3n) is 3.50. The largest absolute Gasteiger partial charge is 0.378 e. The molecule has 2 unspecified atom stereocenters. The van der Waals surface area contributed by atoms with Crippen LogP contribution in [0.2, 0.25) is 5.15 Å². The number of nitrogens with one attached hydrogen (secondary N) is 1. The van der Waals surface area contributed by atoms with Crippen LogP contribution in [0.25, 0.3) is 0 Å². The first-order valence-electron chi connectivity index (χ1n) is 5.89. The van der Waals surface area contributed by atoms with Crippen LogP contribution in [0.4, 0.5) is 5.82 Å². The molecule has 1 aromatic rings. The van der Waals surface area contributed by atoms with E-state index in [0.29, 0.717) is 17.3 Å². The van der Waals surface area contributed by atoms with Gasteiger partial charge < -0.3 is 10.1 Å². The van der Waals surface area contributed by atoms with Crippen LogP contribution in [-0.4, -0.2) is 28.7 Å². The molecule has 4 nitrogen and oxygen atoms in total. The van der Waals surface area contributed by atoms with Gasteiger partial charge in [0, 0.05) is 24.1 Å². The van der Waals surface area contributed by atoms with Gasteiger partial charge in [0.25, 0.3) is 0 Å². The Kier molecular flexibility index (Phi) is 3.54. The van der Waals surface area contributed by atoms with Crippen molar-refractivity contribution in [2.24, 2.45) is 5.41 Å². The van der Waals surface area contributed by atoms with Crippen molar-refractivity contribution in [3.05, 3.63) is 17.5 Å². The van der Waals surface area contributed by atoms with Crippen molar-refractivity contribution < 1.29 is 4.74 Å². The second-order valence-corrected chi connectivity index (χ2v) is 5.31. The Morgan fingerprint density at radius 1 is 1.53 bits per heavy atom. The highest BCUT2D eigenvalue weighted by Gasteiger charge is 2.49. The van der Waals surface area contributed by atoms with Crippen LogP contribution in [0.1, 0.15) is 27.2 Å². The third kappa shape index (κ3) is 2.53. The summed E-state index contributed by atoms with van der Waals surface area (Å²) in [5, 5.41) is 3.84. The lowest BCUT2D eigenvalue weighted by Gasteiger charge is -2.51. The molecule has 1 heterocycles. The maximum Gasteiger partial charge on any atom is 0.134 e. The fourth-order valence-electron chi connectivity index (χ4n) is 2.21. The summed E-state index contributed by atoms with van der Waals surface area (Å²) in [6.07, 6.45) is 2.79. The van der Waals surface area contributed by atoms with Crippen molar-refractivity contribution in [3.63, 3.8) is 0 Å². The number of anilines is 1. The molecule has 0 aromatic carbocycles. The molecule has 2 rings (SSSR count). The Balaban J connectivity index is 1.98. The van der Waals surface area contributed by atoms with Crippen molar-refractivity contribution in [3.8, 4) is 0 Å². The van der Waals surface area contributed by atoms with Gasteiger partial charge in [0.2, 0.25) is 0 Å². The monoisotopic (exact) mass is 255 g/mol. The van der Waals surface area contributed by atoms with Gasteiger partial charge in [-0.2, -0.15) is 0 Å². The van der Waals surface area contributed by atoms with E-state index in [9.17, 15) is 0 Å². The lowest BCUT2D eigenvalue weighted by atomic mass is 9.64. The maximum absolute atomic E-state index is 5.82. The Labute approximate surface area is 107 Å². The second kappa shape index (κ2) is 4.78. The zero-order valence-electron chi connectivity index (χ0n) is 10.4. The first-order chi connectivity index (χ1) is 8.04. The molecule has 0 amide bonds. The summed E-state index contributed by atoms with van der Waals surface area (Å²) in [6, 6.07) is 2.11. The van der Waals surface area contributed by atoms with E-state index in [1.807, 2.05) is 6.92 Å². The van der Waals surface area contributed by atoms with Crippen molar-refractivity contribution in [1.29, 1.82) is 0 Å². The molecule has 1 aliphatic carbocycles. The van der Waals surface area contributed by atoms with Crippen LogP contribution < -0.4 is 5.32 Å². The topological polar surface area (TPSA) is 47.0 Å². The van der Waals surface area contributed by atoms with E-state index in [4.69, 9.17) is 16.3 Å². The molecule has 94 valence electrons. The summed E-state index contributed by atoms with van der Waals surface area (Å²) in [5.74, 6) is 0.776. The summed E-state index contributed by atoms with van der Waals surface area (Å²) < 4.78 is 5.69. The van der Waals surface area contributed by atoms with Gasteiger partial charge in [-0.3, -0.25) is 0 Å². The quantitative estimate of drug-likeness (QED) is 0.841. The van der Waals surface area contributed by atoms with Gasteiger partial charge in [-0.15, -0.1) is 0 Å². The van der Waals surface area contributed by atoms with E-state index in [0.717, 1.165) is 18.8 Å². The van der Waals surface area contributed by atoms with Gasteiger partial charge >= 0.3 is 0 Å². The number of halogens is 1. The van der Waals surface area contributed by atoms with Crippen molar-refractivity contribution in [2.75, 3.05) is 11.9 Å². The Bertz CT molecular complexity index is 397. The van der Waals surface area contributed by atoms with E-state index in [1.54, 1.807) is 6.07 Å². The molecule has 1 aromatic heterocycles. The van der Waals surface area contributed by atoms with Gasteiger partial charge in [0.05, 0.1) is 6.10 Å². The highest BCUT2D eigenvalue weighted by atomic mass is 35.5. The zero-order valence-corrected chi connectivity index (χ0v) is 11.2. The molecule has 17 heavy (non-hydrogen) atoms. The fourth-order valence-corrected chi connectivity index (χ4v) is 2.35. The van der Waals surface area contributed by atoms with Crippen molar-refractivity contribution in [1.82, 2.24) is 9.97 Å². The summed E-state index contributed by atoms with van der Waals surface area (Å²) in [6.45, 7) is 7.20. The first kappa shape index (κ1) is 12.6. The van der Waals surface area contributed by atoms with Gasteiger partial charge in [0.15, 0.2) is 0 Å². The van der Waals surface area contributed by atoms with Crippen LogP contribution in [0.15, 0.2) is 12.4 Å². The minimum absolute atomic E-state index is 0.118. The Morgan fingerprint density at radius 3 is 2.88 bits per heavy atom. The SMILES string of the molecule is CCOC1CC(Nc2cc(Cl)ncn2)C1(C)C. The van der Waals surface area contributed by atoms with E-state index >= 15 is 0 Å². The minimum Gasteiger partial charge on any atom is -0.378 e. The second-order valence-electron chi connectivity index (χ2n) is 4.92.